The van der Waals surface area contributed by atoms with E-state index >= 15 is 0 Å². The second-order valence-electron chi connectivity index (χ2n) is 2.69. The summed E-state index contributed by atoms with van der Waals surface area (Å²) in [5.74, 6) is 0. The summed E-state index contributed by atoms with van der Waals surface area (Å²) < 4.78 is 1.68. The minimum Gasteiger partial charge on any atom is -0.316 e. The number of hydrogen-bond acceptors (Lipinski definition) is 1. The second-order valence-corrected chi connectivity index (χ2v) is 2.69. The Morgan fingerprint density at radius 1 is 1.45 bits per heavy atom. The Balaban J connectivity index is 3.37. The first-order valence-electron chi connectivity index (χ1n) is 3.82. The van der Waals surface area contributed by atoms with E-state index in [9.17, 15) is 4.79 Å². The molecule has 0 saturated carbocycles. The van der Waals surface area contributed by atoms with Crippen molar-refractivity contribution < 1.29 is 0 Å². The molecule has 1 heterocycles. The Morgan fingerprint density at radius 3 is 2.64 bits per heavy atom. The lowest BCUT2D eigenvalue weighted by Gasteiger charge is -2.06. The Bertz CT molecular complexity index is 312. The number of hydrogen-bond donors (Lipinski definition) is 0. The minimum absolute atomic E-state index is 0.0692. The van der Waals surface area contributed by atoms with E-state index in [1.807, 2.05) is 13.0 Å². The molecule has 2 nitrogen and oxygen atoms in total. The van der Waals surface area contributed by atoms with Crippen molar-refractivity contribution in [2.75, 3.05) is 0 Å². The quantitative estimate of drug-likeness (QED) is 0.592. The first kappa shape index (κ1) is 8.05. The van der Waals surface area contributed by atoms with Crippen LogP contribution in [0.2, 0.25) is 0 Å². The van der Waals surface area contributed by atoms with Gasteiger partial charge in [0.15, 0.2) is 0 Å². The Labute approximate surface area is 66.5 Å². The normalized spacial score (nSPS) is 10.1. The third-order valence-electron chi connectivity index (χ3n) is 2.11. The highest BCUT2D eigenvalue weighted by Crippen LogP contribution is 2.03. The summed E-state index contributed by atoms with van der Waals surface area (Å²) >= 11 is 0. The van der Waals surface area contributed by atoms with Crippen molar-refractivity contribution in [1.29, 1.82) is 0 Å². The molecule has 0 fully saturated rings. The van der Waals surface area contributed by atoms with Gasteiger partial charge >= 0.3 is 0 Å². The van der Waals surface area contributed by atoms with Crippen LogP contribution in [-0.2, 0) is 13.5 Å². The topological polar surface area (TPSA) is 22.0 Å². The van der Waals surface area contributed by atoms with Crippen LogP contribution >= 0.6 is 0 Å². The molecule has 60 valence electrons. The molecule has 0 spiro atoms. The van der Waals surface area contributed by atoms with Crippen LogP contribution in [0.4, 0.5) is 0 Å². The van der Waals surface area contributed by atoms with Gasteiger partial charge in [0.1, 0.15) is 0 Å². The number of aryl methyl sites for hydroxylation is 1. The van der Waals surface area contributed by atoms with E-state index < -0.39 is 0 Å². The van der Waals surface area contributed by atoms with Crippen LogP contribution in [0.1, 0.15) is 18.2 Å². The highest BCUT2D eigenvalue weighted by Gasteiger charge is 1.98. The first-order chi connectivity index (χ1) is 5.16. The molecule has 0 radical (unpaired) electrons. The van der Waals surface area contributed by atoms with Crippen molar-refractivity contribution in [1.82, 2.24) is 4.57 Å². The van der Waals surface area contributed by atoms with Crippen molar-refractivity contribution in [3.63, 3.8) is 0 Å². The molecular formula is C9H13NO. The zero-order valence-electron chi connectivity index (χ0n) is 7.22. The maximum atomic E-state index is 11.1. The third-order valence-corrected chi connectivity index (χ3v) is 2.11. The smallest absolute Gasteiger partial charge is 0.250 e. The van der Waals surface area contributed by atoms with Crippen molar-refractivity contribution >= 4 is 0 Å². The molecule has 0 aliphatic rings. The van der Waals surface area contributed by atoms with Gasteiger partial charge in [0.25, 0.3) is 0 Å². The predicted octanol–water partition coefficient (Wildman–Crippen LogP) is 1.26. The first-order valence-corrected chi connectivity index (χ1v) is 3.82. The fraction of sp³-hybridized carbons (Fsp3) is 0.444. The lowest BCUT2D eigenvalue weighted by molar-refractivity contribution is 0.798. The molecule has 2 heteroatoms. The summed E-state index contributed by atoms with van der Waals surface area (Å²) in [6, 6.07) is 3.52. The van der Waals surface area contributed by atoms with Crippen molar-refractivity contribution in [3.05, 3.63) is 33.7 Å². The number of nitrogens with zero attached hydrogens (tertiary/aromatic N) is 1. The number of pyridine rings is 1. The van der Waals surface area contributed by atoms with Crippen molar-refractivity contribution in [2.45, 2.75) is 20.3 Å². The van der Waals surface area contributed by atoms with Crippen LogP contribution in [-0.4, -0.2) is 4.57 Å². The average molecular weight is 151 g/mol. The summed E-state index contributed by atoms with van der Waals surface area (Å²) in [7, 11) is 1.80. The molecule has 0 aliphatic carbocycles. The van der Waals surface area contributed by atoms with Gasteiger partial charge in [0.2, 0.25) is 5.56 Å². The molecule has 11 heavy (non-hydrogen) atoms. The van der Waals surface area contributed by atoms with Gasteiger partial charge in [-0.2, -0.15) is 0 Å². The minimum atomic E-state index is 0.0692. The molecule has 0 atom stereocenters. The van der Waals surface area contributed by atoms with Gasteiger partial charge in [-0.05, 0) is 18.9 Å². The second kappa shape index (κ2) is 2.91. The number of rotatable bonds is 1. The summed E-state index contributed by atoms with van der Waals surface area (Å²) in [6.45, 7) is 4.06. The number of aromatic nitrogens is 1. The third kappa shape index (κ3) is 1.34. The Morgan fingerprint density at radius 2 is 2.09 bits per heavy atom. The summed E-state index contributed by atoms with van der Waals surface area (Å²) in [5.41, 5.74) is 2.38. The maximum Gasteiger partial charge on any atom is 0.250 e. The molecule has 1 rings (SSSR count). The monoisotopic (exact) mass is 151 g/mol. The fourth-order valence-electron chi connectivity index (χ4n) is 1.16. The average Bonchev–Trinajstić information content (AvgIpc) is 2.01. The van der Waals surface area contributed by atoms with Crippen LogP contribution in [0.3, 0.4) is 0 Å². The van der Waals surface area contributed by atoms with Gasteiger partial charge in [-0.1, -0.05) is 13.0 Å². The standard InChI is InChI=1S/C9H13NO/c1-4-8-5-6-9(11)10(3)7(8)2/h5-6H,4H2,1-3H3. The predicted molar refractivity (Wildman–Crippen MR) is 45.8 cm³/mol. The highest BCUT2D eigenvalue weighted by molar-refractivity contribution is 5.19. The van der Waals surface area contributed by atoms with Crippen molar-refractivity contribution in [3.8, 4) is 0 Å². The van der Waals surface area contributed by atoms with E-state index in [1.165, 1.54) is 5.56 Å². The van der Waals surface area contributed by atoms with Crippen molar-refractivity contribution in [2.24, 2.45) is 7.05 Å². The van der Waals surface area contributed by atoms with Gasteiger partial charge in [-0.3, -0.25) is 4.79 Å². The van der Waals surface area contributed by atoms with Gasteiger partial charge in [0, 0.05) is 18.8 Å². The van der Waals surface area contributed by atoms with Gasteiger partial charge in [0.05, 0.1) is 0 Å². The van der Waals surface area contributed by atoms with E-state index in [4.69, 9.17) is 0 Å². The van der Waals surface area contributed by atoms with Crippen LogP contribution in [0, 0.1) is 6.92 Å². The zero-order valence-corrected chi connectivity index (χ0v) is 7.22. The van der Waals surface area contributed by atoms with Crippen LogP contribution < -0.4 is 5.56 Å². The molecular weight excluding hydrogens is 138 g/mol. The summed E-state index contributed by atoms with van der Waals surface area (Å²) in [4.78, 5) is 11.1. The van der Waals surface area contributed by atoms with Crippen LogP contribution in [0.25, 0.3) is 0 Å². The van der Waals surface area contributed by atoms with E-state index in [1.54, 1.807) is 17.7 Å². The van der Waals surface area contributed by atoms with E-state index in [0.29, 0.717) is 0 Å². The molecule has 0 unspecified atom stereocenters. The molecule has 0 amide bonds. The largest absolute Gasteiger partial charge is 0.316 e. The lowest BCUT2D eigenvalue weighted by atomic mass is 10.1. The molecule has 0 aromatic carbocycles. The van der Waals surface area contributed by atoms with Crippen LogP contribution in [0.5, 0.6) is 0 Å². The molecule has 1 aromatic heterocycles. The van der Waals surface area contributed by atoms with Gasteiger partial charge in [-0.25, -0.2) is 0 Å². The van der Waals surface area contributed by atoms with E-state index in [0.717, 1.165) is 12.1 Å². The summed E-state index contributed by atoms with van der Waals surface area (Å²) in [6.07, 6.45) is 0.986. The molecule has 1 aromatic rings. The van der Waals surface area contributed by atoms with Gasteiger partial charge in [-0.15, -0.1) is 0 Å². The molecule has 0 bridgehead atoms. The maximum absolute atomic E-state index is 11.1. The molecule has 0 aliphatic heterocycles. The van der Waals surface area contributed by atoms with Gasteiger partial charge < -0.3 is 4.57 Å². The van der Waals surface area contributed by atoms with E-state index in [2.05, 4.69) is 6.92 Å². The Hall–Kier alpha value is -1.05. The fourth-order valence-corrected chi connectivity index (χ4v) is 1.16. The Kier molecular flexibility index (Phi) is 2.13. The SMILES string of the molecule is CCc1ccc(=O)n(C)c1C. The molecule has 0 saturated heterocycles. The molecule has 0 N–H and O–H groups in total. The zero-order chi connectivity index (χ0) is 8.43. The summed E-state index contributed by atoms with van der Waals surface area (Å²) in [5, 5.41) is 0. The highest BCUT2D eigenvalue weighted by atomic mass is 16.1. The van der Waals surface area contributed by atoms with E-state index in [-0.39, 0.29) is 5.56 Å². The van der Waals surface area contributed by atoms with Crippen LogP contribution in [0.15, 0.2) is 16.9 Å². The lowest BCUT2D eigenvalue weighted by Crippen LogP contribution is -2.18.